The fraction of sp³-hybridized carbons (Fsp3) is 0.0909. The third-order valence-corrected chi connectivity index (χ3v) is 4.25. The minimum atomic E-state index is -0.0844. The lowest BCUT2D eigenvalue weighted by Crippen LogP contribution is -2.14. The van der Waals surface area contributed by atoms with Gasteiger partial charge in [-0.1, -0.05) is 23.8 Å². The number of hydrogen-bond donors (Lipinski definition) is 2. The van der Waals surface area contributed by atoms with E-state index in [1.165, 1.54) is 5.56 Å². The average molecular weight is 357 g/mol. The van der Waals surface area contributed by atoms with Gasteiger partial charge >= 0.3 is 0 Å². The Morgan fingerprint density at radius 1 is 1.07 bits per heavy atom. The molecule has 0 bridgehead atoms. The number of amides is 1. The molecule has 0 unspecified atom stereocenters. The summed E-state index contributed by atoms with van der Waals surface area (Å²) in [5.74, 6) is 1.12. The predicted molar refractivity (Wildman–Crippen MR) is 106 cm³/mol. The highest BCUT2D eigenvalue weighted by molar-refractivity contribution is 5.93. The molecule has 2 heterocycles. The number of anilines is 1. The summed E-state index contributed by atoms with van der Waals surface area (Å²) in [6.07, 6.45) is 3.79. The number of carbonyl (C=O) groups excluding carboxylic acids is 1. The zero-order valence-electron chi connectivity index (χ0n) is 14.9. The molecule has 2 aromatic heterocycles. The number of aromatic nitrogens is 2. The number of carbonyl (C=O) groups is 1. The number of aryl methyl sites for hydroxylation is 1. The first kappa shape index (κ1) is 16.8. The highest BCUT2D eigenvalue weighted by Gasteiger charge is 2.06. The first-order valence-electron chi connectivity index (χ1n) is 8.72. The SMILES string of the molecule is Cc1ccc(Oc2ccc(NC(=O)Cc3ccc4[nH]ccc4c3)cn2)cc1. The minimum absolute atomic E-state index is 0.0844. The van der Waals surface area contributed by atoms with E-state index in [1.54, 1.807) is 18.3 Å². The Bertz CT molecular complexity index is 1070. The van der Waals surface area contributed by atoms with E-state index in [9.17, 15) is 4.79 Å². The third-order valence-electron chi connectivity index (χ3n) is 4.25. The summed E-state index contributed by atoms with van der Waals surface area (Å²) in [5.41, 5.74) is 3.84. The Morgan fingerprint density at radius 2 is 1.93 bits per heavy atom. The molecule has 0 radical (unpaired) electrons. The van der Waals surface area contributed by atoms with Gasteiger partial charge in [-0.15, -0.1) is 0 Å². The van der Waals surface area contributed by atoms with Gasteiger partial charge in [0.1, 0.15) is 5.75 Å². The molecule has 5 heteroatoms. The zero-order valence-corrected chi connectivity index (χ0v) is 14.9. The molecule has 0 fully saturated rings. The second kappa shape index (κ2) is 7.33. The number of H-pyrrole nitrogens is 1. The average Bonchev–Trinajstić information content (AvgIpc) is 3.13. The van der Waals surface area contributed by atoms with Crippen LogP contribution in [0.2, 0.25) is 0 Å². The highest BCUT2D eigenvalue weighted by atomic mass is 16.5. The van der Waals surface area contributed by atoms with Crippen molar-refractivity contribution in [3.63, 3.8) is 0 Å². The number of fused-ring (bicyclic) bond motifs is 1. The second-order valence-corrected chi connectivity index (χ2v) is 6.42. The van der Waals surface area contributed by atoms with Gasteiger partial charge in [0.2, 0.25) is 11.8 Å². The molecule has 0 saturated carbocycles. The largest absolute Gasteiger partial charge is 0.439 e. The first-order valence-corrected chi connectivity index (χ1v) is 8.72. The summed E-state index contributed by atoms with van der Waals surface area (Å²) in [7, 11) is 0. The van der Waals surface area contributed by atoms with Gasteiger partial charge in [0.15, 0.2) is 0 Å². The van der Waals surface area contributed by atoms with E-state index in [0.29, 0.717) is 18.0 Å². The molecule has 0 aliphatic carbocycles. The molecule has 4 aromatic rings. The summed E-state index contributed by atoms with van der Waals surface area (Å²) in [4.78, 5) is 19.7. The van der Waals surface area contributed by atoms with Gasteiger partial charge in [-0.05, 0) is 54.3 Å². The number of nitrogens with zero attached hydrogens (tertiary/aromatic N) is 1. The Labute approximate surface area is 157 Å². The maximum absolute atomic E-state index is 12.3. The van der Waals surface area contributed by atoms with E-state index in [1.807, 2.05) is 61.7 Å². The van der Waals surface area contributed by atoms with Crippen molar-refractivity contribution in [2.24, 2.45) is 0 Å². The van der Waals surface area contributed by atoms with Crippen molar-refractivity contribution in [1.82, 2.24) is 9.97 Å². The van der Waals surface area contributed by atoms with Gasteiger partial charge in [0.05, 0.1) is 18.3 Å². The van der Waals surface area contributed by atoms with Crippen molar-refractivity contribution in [3.8, 4) is 11.6 Å². The molecule has 5 nitrogen and oxygen atoms in total. The van der Waals surface area contributed by atoms with Crippen LogP contribution in [0.3, 0.4) is 0 Å². The zero-order chi connectivity index (χ0) is 18.6. The molecule has 4 rings (SSSR count). The lowest BCUT2D eigenvalue weighted by atomic mass is 10.1. The molecule has 0 saturated heterocycles. The van der Waals surface area contributed by atoms with Gasteiger partial charge in [0.25, 0.3) is 0 Å². The third kappa shape index (κ3) is 4.15. The Balaban J connectivity index is 1.37. The fourth-order valence-electron chi connectivity index (χ4n) is 2.84. The molecule has 0 spiro atoms. The normalized spacial score (nSPS) is 10.7. The number of hydrogen-bond acceptors (Lipinski definition) is 3. The van der Waals surface area contributed by atoms with E-state index in [4.69, 9.17) is 4.74 Å². The Morgan fingerprint density at radius 3 is 2.70 bits per heavy atom. The number of rotatable bonds is 5. The summed E-state index contributed by atoms with van der Waals surface area (Å²) >= 11 is 0. The first-order chi connectivity index (χ1) is 13.2. The van der Waals surface area contributed by atoms with E-state index >= 15 is 0 Å². The summed E-state index contributed by atoms with van der Waals surface area (Å²) < 4.78 is 5.70. The summed E-state index contributed by atoms with van der Waals surface area (Å²) in [6.45, 7) is 2.02. The number of pyridine rings is 1. The van der Waals surface area contributed by atoms with Crippen LogP contribution in [-0.4, -0.2) is 15.9 Å². The van der Waals surface area contributed by atoms with Gasteiger partial charge in [0, 0.05) is 17.8 Å². The number of nitrogens with one attached hydrogen (secondary N) is 2. The number of benzene rings is 2. The smallest absolute Gasteiger partial charge is 0.228 e. The van der Waals surface area contributed by atoms with Crippen LogP contribution < -0.4 is 10.1 Å². The van der Waals surface area contributed by atoms with Crippen molar-refractivity contribution in [1.29, 1.82) is 0 Å². The van der Waals surface area contributed by atoms with Crippen molar-refractivity contribution in [2.45, 2.75) is 13.3 Å². The maximum Gasteiger partial charge on any atom is 0.228 e. The highest BCUT2D eigenvalue weighted by Crippen LogP contribution is 2.21. The van der Waals surface area contributed by atoms with Crippen LogP contribution in [0.1, 0.15) is 11.1 Å². The van der Waals surface area contributed by atoms with Gasteiger partial charge < -0.3 is 15.0 Å². The van der Waals surface area contributed by atoms with Crippen molar-refractivity contribution in [3.05, 3.63) is 84.2 Å². The maximum atomic E-state index is 12.3. The Hall–Kier alpha value is -3.60. The van der Waals surface area contributed by atoms with Crippen LogP contribution in [0.4, 0.5) is 5.69 Å². The topological polar surface area (TPSA) is 67.0 Å². The molecule has 0 aliphatic heterocycles. The molecule has 0 atom stereocenters. The lowest BCUT2D eigenvalue weighted by Gasteiger charge is -2.08. The quantitative estimate of drug-likeness (QED) is 0.537. The van der Waals surface area contributed by atoms with E-state index in [-0.39, 0.29) is 5.91 Å². The molecular weight excluding hydrogens is 338 g/mol. The molecular formula is C22H19N3O2. The van der Waals surface area contributed by atoms with Crippen molar-refractivity contribution in [2.75, 3.05) is 5.32 Å². The van der Waals surface area contributed by atoms with E-state index < -0.39 is 0 Å². The molecule has 0 aliphatic rings. The molecule has 27 heavy (non-hydrogen) atoms. The van der Waals surface area contributed by atoms with Gasteiger partial charge in [-0.25, -0.2) is 4.98 Å². The molecule has 2 N–H and O–H groups in total. The monoisotopic (exact) mass is 357 g/mol. The molecule has 134 valence electrons. The van der Waals surface area contributed by atoms with E-state index in [2.05, 4.69) is 15.3 Å². The van der Waals surface area contributed by atoms with Gasteiger partial charge in [-0.3, -0.25) is 4.79 Å². The fourth-order valence-corrected chi connectivity index (χ4v) is 2.84. The molecule has 1 amide bonds. The second-order valence-electron chi connectivity index (χ2n) is 6.42. The van der Waals surface area contributed by atoms with E-state index in [0.717, 1.165) is 22.2 Å². The minimum Gasteiger partial charge on any atom is -0.439 e. The van der Waals surface area contributed by atoms with Crippen LogP contribution in [0.25, 0.3) is 10.9 Å². The summed E-state index contributed by atoms with van der Waals surface area (Å²) in [6, 6.07) is 19.2. The Kier molecular flexibility index (Phi) is 4.58. The van der Waals surface area contributed by atoms with Crippen LogP contribution in [0.15, 0.2) is 73.1 Å². The summed E-state index contributed by atoms with van der Waals surface area (Å²) in [5, 5.41) is 3.96. The predicted octanol–water partition coefficient (Wildman–Crippen LogP) is 4.84. The van der Waals surface area contributed by atoms with Gasteiger partial charge in [-0.2, -0.15) is 0 Å². The lowest BCUT2D eigenvalue weighted by molar-refractivity contribution is -0.115. The molecule has 2 aromatic carbocycles. The number of aromatic amines is 1. The van der Waals surface area contributed by atoms with Crippen molar-refractivity contribution < 1.29 is 9.53 Å². The standard InChI is InChI=1S/C22H19N3O2/c1-15-2-6-19(7-3-15)27-22-9-5-18(14-24-22)25-21(26)13-16-4-8-20-17(12-16)10-11-23-20/h2-12,14,23H,13H2,1H3,(H,25,26). The van der Waals surface area contributed by atoms with Crippen LogP contribution in [0.5, 0.6) is 11.6 Å². The number of ether oxygens (including phenoxy) is 1. The van der Waals surface area contributed by atoms with Crippen LogP contribution >= 0.6 is 0 Å². The van der Waals surface area contributed by atoms with Crippen molar-refractivity contribution >= 4 is 22.5 Å². The van der Waals surface area contributed by atoms with Crippen LogP contribution in [0, 0.1) is 6.92 Å². The van der Waals surface area contributed by atoms with Crippen LogP contribution in [-0.2, 0) is 11.2 Å².